The number of thiocarbonyl (C=S) groups is 1. The Morgan fingerprint density at radius 3 is 2.36 bits per heavy atom. The molecule has 0 radical (unpaired) electrons. The standard InChI is InChI=1S/C18H19F2N3OS/c1-11-7-6-8-12(2)16(11)21-18(25)23-22-13(3)14-9-4-5-10-15(14)24-17(19)20/h4-10,17H,1-3H3,(H2,21,23,25)/b22-13+. The molecule has 25 heavy (non-hydrogen) atoms. The van der Waals surface area contributed by atoms with E-state index in [2.05, 4.69) is 20.6 Å². The summed E-state index contributed by atoms with van der Waals surface area (Å²) in [7, 11) is 0. The number of hydrazone groups is 1. The lowest BCUT2D eigenvalue weighted by Gasteiger charge is -2.14. The maximum atomic E-state index is 12.5. The van der Waals surface area contributed by atoms with Crippen molar-refractivity contribution in [1.29, 1.82) is 0 Å². The summed E-state index contributed by atoms with van der Waals surface area (Å²) in [4.78, 5) is 0. The zero-order valence-corrected chi connectivity index (χ0v) is 15.0. The molecule has 2 N–H and O–H groups in total. The number of aryl methyl sites for hydroxylation is 2. The summed E-state index contributed by atoms with van der Waals surface area (Å²) < 4.78 is 29.5. The molecule has 132 valence electrons. The Balaban J connectivity index is 2.10. The maximum absolute atomic E-state index is 12.5. The quantitative estimate of drug-likeness (QED) is 0.462. The predicted molar refractivity (Wildman–Crippen MR) is 101 cm³/mol. The van der Waals surface area contributed by atoms with Gasteiger partial charge in [-0.2, -0.15) is 13.9 Å². The van der Waals surface area contributed by atoms with E-state index in [9.17, 15) is 8.78 Å². The molecular weight excluding hydrogens is 344 g/mol. The van der Waals surface area contributed by atoms with Crippen LogP contribution in [0.1, 0.15) is 23.6 Å². The average molecular weight is 363 g/mol. The van der Waals surface area contributed by atoms with Gasteiger partial charge >= 0.3 is 6.61 Å². The minimum absolute atomic E-state index is 0.0641. The van der Waals surface area contributed by atoms with E-state index in [0.29, 0.717) is 16.4 Å². The number of hydrogen-bond donors (Lipinski definition) is 2. The van der Waals surface area contributed by atoms with Crippen LogP contribution in [0, 0.1) is 13.8 Å². The Morgan fingerprint density at radius 2 is 1.72 bits per heavy atom. The molecule has 2 rings (SSSR count). The summed E-state index contributed by atoms with van der Waals surface area (Å²) in [5.41, 5.74) is 6.69. The second-order valence-corrected chi connectivity index (χ2v) is 5.81. The molecule has 2 aromatic rings. The highest BCUT2D eigenvalue weighted by atomic mass is 32.1. The molecule has 0 aromatic heterocycles. The van der Waals surface area contributed by atoms with Gasteiger partial charge in [0.15, 0.2) is 5.11 Å². The Kier molecular flexibility index (Phi) is 6.41. The van der Waals surface area contributed by atoms with Crippen molar-refractivity contribution in [2.45, 2.75) is 27.4 Å². The molecule has 0 atom stereocenters. The van der Waals surface area contributed by atoms with E-state index in [1.165, 1.54) is 6.07 Å². The van der Waals surface area contributed by atoms with Crippen molar-refractivity contribution in [3.05, 3.63) is 59.2 Å². The first-order valence-corrected chi connectivity index (χ1v) is 8.01. The number of benzene rings is 2. The molecule has 7 heteroatoms. The van der Waals surface area contributed by atoms with Crippen molar-refractivity contribution in [2.75, 3.05) is 5.32 Å². The van der Waals surface area contributed by atoms with Crippen LogP contribution in [0.25, 0.3) is 0 Å². The van der Waals surface area contributed by atoms with Crippen molar-refractivity contribution < 1.29 is 13.5 Å². The van der Waals surface area contributed by atoms with E-state index in [-0.39, 0.29) is 5.75 Å². The zero-order valence-electron chi connectivity index (χ0n) is 14.1. The van der Waals surface area contributed by atoms with Crippen LogP contribution in [0.3, 0.4) is 0 Å². The Morgan fingerprint density at radius 1 is 1.08 bits per heavy atom. The summed E-state index contributed by atoms with van der Waals surface area (Å²) in [6.07, 6.45) is 0. The Labute approximate surface area is 150 Å². The number of halogens is 2. The summed E-state index contributed by atoms with van der Waals surface area (Å²) in [6.45, 7) is 2.74. The number of alkyl halides is 2. The van der Waals surface area contributed by atoms with Gasteiger partial charge in [-0.1, -0.05) is 30.3 Å². The van der Waals surface area contributed by atoms with Crippen molar-refractivity contribution >= 4 is 28.7 Å². The largest absolute Gasteiger partial charge is 0.434 e. The molecular formula is C18H19F2N3OS. The van der Waals surface area contributed by atoms with Crippen LogP contribution in [0.4, 0.5) is 14.5 Å². The Hall–Kier alpha value is -2.54. The fraction of sp³-hybridized carbons (Fsp3) is 0.222. The highest BCUT2D eigenvalue weighted by Gasteiger charge is 2.11. The molecule has 0 spiro atoms. The third-order valence-electron chi connectivity index (χ3n) is 3.54. The third-order valence-corrected chi connectivity index (χ3v) is 3.73. The summed E-state index contributed by atoms with van der Waals surface area (Å²) in [5, 5.41) is 7.56. The molecule has 0 heterocycles. The van der Waals surface area contributed by atoms with Gasteiger partial charge in [-0.25, -0.2) is 0 Å². The van der Waals surface area contributed by atoms with Gasteiger partial charge in [-0.3, -0.25) is 5.43 Å². The van der Waals surface area contributed by atoms with Crippen molar-refractivity contribution in [1.82, 2.24) is 5.43 Å². The normalized spacial score (nSPS) is 11.4. The molecule has 0 bridgehead atoms. The number of hydrogen-bond acceptors (Lipinski definition) is 3. The van der Waals surface area contributed by atoms with E-state index in [1.807, 2.05) is 32.0 Å². The van der Waals surface area contributed by atoms with Gasteiger partial charge in [0.05, 0.1) is 5.71 Å². The molecule has 0 aliphatic rings. The van der Waals surface area contributed by atoms with Crippen LogP contribution in [0.15, 0.2) is 47.6 Å². The highest BCUT2D eigenvalue weighted by molar-refractivity contribution is 7.80. The molecule has 0 unspecified atom stereocenters. The fourth-order valence-corrected chi connectivity index (χ4v) is 2.46. The van der Waals surface area contributed by atoms with E-state index in [1.54, 1.807) is 25.1 Å². The van der Waals surface area contributed by atoms with E-state index < -0.39 is 6.61 Å². The fourth-order valence-electron chi connectivity index (χ4n) is 2.31. The maximum Gasteiger partial charge on any atom is 0.387 e. The number of para-hydroxylation sites is 2. The summed E-state index contributed by atoms with van der Waals surface area (Å²) in [6, 6.07) is 12.4. The minimum atomic E-state index is -2.89. The molecule has 0 amide bonds. The number of nitrogens with one attached hydrogen (secondary N) is 2. The summed E-state index contributed by atoms with van der Waals surface area (Å²) in [5.74, 6) is 0.0641. The molecule has 0 saturated heterocycles. The number of rotatable bonds is 5. The number of nitrogens with zero attached hydrogens (tertiary/aromatic N) is 1. The first-order valence-electron chi connectivity index (χ1n) is 7.60. The first-order chi connectivity index (χ1) is 11.9. The smallest absolute Gasteiger partial charge is 0.387 e. The Bertz CT molecular complexity index is 773. The predicted octanol–water partition coefficient (Wildman–Crippen LogP) is 4.62. The van der Waals surface area contributed by atoms with Crippen LogP contribution in [-0.4, -0.2) is 17.4 Å². The van der Waals surface area contributed by atoms with Crippen LogP contribution < -0.4 is 15.5 Å². The topological polar surface area (TPSA) is 45.7 Å². The second-order valence-electron chi connectivity index (χ2n) is 5.40. The molecule has 0 fully saturated rings. The van der Waals surface area contributed by atoms with Gasteiger partial charge in [0, 0.05) is 11.3 Å². The lowest BCUT2D eigenvalue weighted by atomic mass is 10.1. The van der Waals surface area contributed by atoms with Crippen molar-refractivity contribution in [3.8, 4) is 5.75 Å². The van der Waals surface area contributed by atoms with Crippen molar-refractivity contribution in [3.63, 3.8) is 0 Å². The molecule has 4 nitrogen and oxygen atoms in total. The van der Waals surface area contributed by atoms with E-state index >= 15 is 0 Å². The number of ether oxygens (including phenoxy) is 1. The third kappa shape index (κ3) is 5.22. The minimum Gasteiger partial charge on any atom is -0.434 e. The second kappa shape index (κ2) is 8.53. The van der Waals surface area contributed by atoms with Gasteiger partial charge < -0.3 is 10.1 Å². The lowest BCUT2D eigenvalue weighted by molar-refractivity contribution is -0.0499. The molecule has 2 aromatic carbocycles. The highest BCUT2D eigenvalue weighted by Crippen LogP contribution is 2.21. The zero-order chi connectivity index (χ0) is 18.4. The SMILES string of the molecule is C/C(=N\NC(=S)Nc1c(C)cccc1C)c1ccccc1OC(F)F. The van der Waals surface area contributed by atoms with Crippen LogP contribution >= 0.6 is 12.2 Å². The van der Waals surface area contributed by atoms with Crippen LogP contribution in [0.5, 0.6) is 5.75 Å². The molecule has 0 saturated carbocycles. The van der Waals surface area contributed by atoms with Gasteiger partial charge in [0.25, 0.3) is 0 Å². The van der Waals surface area contributed by atoms with Gasteiger partial charge in [0.2, 0.25) is 0 Å². The monoisotopic (exact) mass is 363 g/mol. The van der Waals surface area contributed by atoms with Gasteiger partial charge in [-0.15, -0.1) is 0 Å². The first kappa shape index (κ1) is 18.8. The van der Waals surface area contributed by atoms with Gasteiger partial charge in [0.1, 0.15) is 5.75 Å². The van der Waals surface area contributed by atoms with E-state index in [4.69, 9.17) is 12.2 Å². The number of anilines is 1. The van der Waals surface area contributed by atoms with Crippen molar-refractivity contribution in [2.24, 2.45) is 5.10 Å². The van der Waals surface area contributed by atoms with Crippen LogP contribution in [-0.2, 0) is 0 Å². The van der Waals surface area contributed by atoms with Crippen LogP contribution in [0.2, 0.25) is 0 Å². The molecule has 0 aliphatic heterocycles. The van der Waals surface area contributed by atoms with E-state index in [0.717, 1.165) is 16.8 Å². The molecule has 0 aliphatic carbocycles. The average Bonchev–Trinajstić information content (AvgIpc) is 2.56. The lowest BCUT2D eigenvalue weighted by Crippen LogP contribution is -2.25. The van der Waals surface area contributed by atoms with Gasteiger partial charge in [-0.05, 0) is 56.2 Å². The summed E-state index contributed by atoms with van der Waals surface area (Å²) >= 11 is 5.25.